The van der Waals surface area contributed by atoms with E-state index in [1.807, 2.05) is 12.1 Å². The summed E-state index contributed by atoms with van der Waals surface area (Å²) in [5.74, 6) is -0.302. The fourth-order valence-corrected chi connectivity index (χ4v) is 4.48. The number of halogens is 1. The normalized spacial score (nSPS) is 12.1. The van der Waals surface area contributed by atoms with E-state index in [2.05, 4.69) is 5.32 Å². The van der Waals surface area contributed by atoms with E-state index in [-0.39, 0.29) is 16.6 Å². The average molecular weight is 443 g/mol. The third-order valence-electron chi connectivity index (χ3n) is 4.73. The van der Waals surface area contributed by atoms with Crippen molar-refractivity contribution in [3.63, 3.8) is 0 Å². The summed E-state index contributed by atoms with van der Waals surface area (Å²) in [4.78, 5) is 12.8. The van der Waals surface area contributed by atoms with Gasteiger partial charge in [-0.15, -0.1) is 0 Å². The molecule has 0 aliphatic carbocycles. The van der Waals surface area contributed by atoms with Gasteiger partial charge >= 0.3 is 0 Å². The van der Waals surface area contributed by atoms with Gasteiger partial charge in [0.25, 0.3) is 10.0 Å². The lowest BCUT2D eigenvalue weighted by atomic mass is 10.1. The summed E-state index contributed by atoms with van der Waals surface area (Å²) < 4.78 is 45.9. The predicted octanol–water partition coefficient (Wildman–Crippen LogP) is 3.91. The average Bonchev–Trinajstić information content (AvgIpc) is 2.78. The molecule has 0 saturated heterocycles. The van der Waals surface area contributed by atoms with Crippen molar-refractivity contribution >= 4 is 21.6 Å². The molecule has 0 fully saturated rings. The first kappa shape index (κ1) is 22.3. The van der Waals surface area contributed by atoms with Crippen LogP contribution in [0.1, 0.15) is 18.5 Å². The zero-order valence-corrected chi connectivity index (χ0v) is 18.0. The van der Waals surface area contributed by atoms with Crippen LogP contribution >= 0.6 is 0 Å². The summed E-state index contributed by atoms with van der Waals surface area (Å²) in [7, 11) is -2.47. The minimum atomic E-state index is -4.04. The molecule has 0 radical (unpaired) electrons. The standard InChI is InChI=1S/C23H23FN2O4S/c1-17(18-8-14-21(30-2)15-9-18)25-23(27)16-26(20-12-10-19(24)11-13-20)31(28,29)22-6-4-3-5-7-22/h3-15,17H,16H2,1-2H3,(H,25,27)/t17-/m0/s1. The number of carbonyl (C=O) groups excluding carboxylic acids is 1. The molecule has 1 amide bonds. The maximum Gasteiger partial charge on any atom is 0.264 e. The summed E-state index contributed by atoms with van der Waals surface area (Å²) >= 11 is 0. The number of sulfonamides is 1. The molecule has 3 aromatic carbocycles. The molecule has 6 nitrogen and oxygen atoms in total. The lowest BCUT2D eigenvalue weighted by Gasteiger charge is -2.25. The Morgan fingerprint density at radius 3 is 2.19 bits per heavy atom. The highest BCUT2D eigenvalue weighted by molar-refractivity contribution is 7.92. The van der Waals surface area contributed by atoms with Crippen molar-refractivity contribution in [1.29, 1.82) is 0 Å². The lowest BCUT2D eigenvalue weighted by molar-refractivity contribution is -0.120. The highest BCUT2D eigenvalue weighted by Crippen LogP contribution is 2.24. The molecule has 0 aliphatic rings. The zero-order chi connectivity index (χ0) is 22.4. The van der Waals surface area contributed by atoms with Crippen molar-refractivity contribution in [2.45, 2.75) is 17.9 Å². The van der Waals surface area contributed by atoms with Gasteiger partial charge in [0.2, 0.25) is 5.91 Å². The monoisotopic (exact) mass is 442 g/mol. The number of anilines is 1. The van der Waals surface area contributed by atoms with Gasteiger partial charge in [0, 0.05) is 0 Å². The van der Waals surface area contributed by atoms with Crippen LogP contribution in [0.4, 0.5) is 10.1 Å². The molecule has 162 valence electrons. The van der Waals surface area contributed by atoms with Crippen molar-refractivity contribution in [3.05, 3.63) is 90.2 Å². The number of nitrogens with zero attached hydrogens (tertiary/aromatic N) is 1. The molecule has 31 heavy (non-hydrogen) atoms. The summed E-state index contributed by atoms with van der Waals surface area (Å²) in [6.07, 6.45) is 0. The van der Waals surface area contributed by atoms with Crippen LogP contribution in [0.15, 0.2) is 83.8 Å². The number of hydrogen-bond donors (Lipinski definition) is 1. The number of benzene rings is 3. The maximum atomic E-state index is 13.4. The van der Waals surface area contributed by atoms with Crippen molar-refractivity contribution in [1.82, 2.24) is 5.32 Å². The van der Waals surface area contributed by atoms with E-state index < -0.39 is 28.3 Å². The fraction of sp³-hybridized carbons (Fsp3) is 0.174. The van der Waals surface area contributed by atoms with Crippen molar-refractivity contribution in [2.24, 2.45) is 0 Å². The van der Waals surface area contributed by atoms with Gasteiger partial charge in [0.1, 0.15) is 18.1 Å². The first-order valence-electron chi connectivity index (χ1n) is 9.58. The second-order valence-electron chi connectivity index (χ2n) is 6.86. The quantitative estimate of drug-likeness (QED) is 0.574. The Labute approximate surface area is 181 Å². The molecule has 0 unspecified atom stereocenters. The topological polar surface area (TPSA) is 75.7 Å². The molecule has 0 saturated carbocycles. The van der Waals surface area contributed by atoms with Crippen LogP contribution in [0.5, 0.6) is 5.75 Å². The minimum absolute atomic E-state index is 0.0373. The van der Waals surface area contributed by atoms with E-state index >= 15 is 0 Å². The maximum absolute atomic E-state index is 13.4. The molecular weight excluding hydrogens is 419 g/mol. The van der Waals surface area contributed by atoms with Crippen LogP contribution in [0.25, 0.3) is 0 Å². The number of carbonyl (C=O) groups is 1. The summed E-state index contributed by atoms with van der Waals surface area (Å²) in [5.41, 5.74) is 1.03. The van der Waals surface area contributed by atoms with Gasteiger partial charge in [-0.2, -0.15) is 0 Å². The van der Waals surface area contributed by atoms with Gasteiger partial charge in [0.05, 0.1) is 23.7 Å². The third-order valence-corrected chi connectivity index (χ3v) is 6.51. The Kier molecular flexibility index (Phi) is 6.91. The smallest absolute Gasteiger partial charge is 0.264 e. The van der Waals surface area contributed by atoms with Crippen LogP contribution in [-0.2, 0) is 14.8 Å². The van der Waals surface area contributed by atoms with Gasteiger partial charge < -0.3 is 10.1 Å². The molecule has 3 aromatic rings. The first-order chi connectivity index (χ1) is 14.8. The molecule has 1 N–H and O–H groups in total. The number of ether oxygens (including phenoxy) is 1. The Balaban J connectivity index is 1.84. The number of hydrogen-bond acceptors (Lipinski definition) is 4. The molecular formula is C23H23FN2O4S. The molecule has 0 aromatic heterocycles. The van der Waals surface area contributed by atoms with Gasteiger partial charge in [0.15, 0.2) is 0 Å². The zero-order valence-electron chi connectivity index (χ0n) is 17.2. The number of methoxy groups -OCH3 is 1. The van der Waals surface area contributed by atoms with E-state index in [0.717, 1.165) is 22.0 Å². The van der Waals surface area contributed by atoms with Crippen molar-refractivity contribution < 1.29 is 22.3 Å². The van der Waals surface area contributed by atoms with E-state index in [1.54, 1.807) is 44.4 Å². The van der Waals surface area contributed by atoms with E-state index in [0.29, 0.717) is 5.75 Å². The predicted molar refractivity (Wildman–Crippen MR) is 117 cm³/mol. The van der Waals surface area contributed by atoms with Crippen LogP contribution in [0.2, 0.25) is 0 Å². The Morgan fingerprint density at radius 2 is 1.61 bits per heavy atom. The van der Waals surface area contributed by atoms with Crippen LogP contribution in [0, 0.1) is 5.82 Å². The van der Waals surface area contributed by atoms with E-state index in [1.165, 1.54) is 24.3 Å². The summed E-state index contributed by atoms with van der Waals surface area (Å²) in [6.45, 7) is 1.34. The number of rotatable bonds is 8. The fourth-order valence-electron chi connectivity index (χ4n) is 3.04. The first-order valence-corrected chi connectivity index (χ1v) is 11.0. The summed E-state index contributed by atoms with van der Waals surface area (Å²) in [5, 5.41) is 2.81. The van der Waals surface area contributed by atoms with Gasteiger partial charge in [-0.25, -0.2) is 12.8 Å². The molecule has 1 atom stereocenters. The van der Waals surface area contributed by atoms with E-state index in [9.17, 15) is 17.6 Å². The van der Waals surface area contributed by atoms with Gasteiger partial charge in [-0.1, -0.05) is 30.3 Å². The molecule has 0 spiro atoms. The highest BCUT2D eigenvalue weighted by atomic mass is 32.2. The second-order valence-corrected chi connectivity index (χ2v) is 8.73. The molecule has 3 rings (SSSR count). The lowest BCUT2D eigenvalue weighted by Crippen LogP contribution is -2.41. The number of nitrogens with one attached hydrogen (secondary N) is 1. The Hall–Kier alpha value is -3.39. The second kappa shape index (κ2) is 9.61. The molecule has 0 heterocycles. The highest BCUT2D eigenvalue weighted by Gasteiger charge is 2.27. The largest absolute Gasteiger partial charge is 0.497 e. The van der Waals surface area contributed by atoms with Gasteiger partial charge in [-0.05, 0) is 61.0 Å². The summed E-state index contributed by atoms with van der Waals surface area (Å²) in [6, 6.07) is 19.6. The molecule has 8 heteroatoms. The van der Waals surface area contributed by atoms with Crippen LogP contribution < -0.4 is 14.4 Å². The number of amides is 1. The SMILES string of the molecule is COc1ccc([C@H](C)NC(=O)CN(c2ccc(F)cc2)S(=O)(=O)c2ccccc2)cc1. The van der Waals surface area contributed by atoms with Crippen molar-refractivity contribution in [3.8, 4) is 5.75 Å². The minimum Gasteiger partial charge on any atom is -0.497 e. The Morgan fingerprint density at radius 1 is 1.00 bits per heavy atom. The van der Waals surface area contributed by atoms with E-state index in [4.69, 9.17) is 4.74 Å². The third kappa shape index (κ3) is 5.40. The van der Waals surface area contributed by atoms with Crippen molar-refractivity contribution in [2.75, 3.05) is 18.0 Å². The molecule has 0 aliphatic heterocycles. The van der Waals surface area contributed by atoms with Crippen LogP contribution in [-0.4, -0.2) is 28.0 Å². The van der Waals surface area contributed by atoms with Crippen LogP contribution in [0.3, 0.4) is 0 Å². The molecule has 0 bridgehead atoms. The van der Waals surface area contributed by atoms with Gasteiger partial charge in [-0.3, -0.25) is 9.10 Å². The Bertz CT molecular complexity index is 1120.